The zero-order valence-electron chi connectivity index (χ0n) is 17.2. The second-order valence-corrected chi connectivity index (χ2v) is 7.79. The molecule has 30 heavy (non-hydrogen) atoms. The summed E-state index contributed by atoms with van der Waals surface area (Å²) < 4.78 is 12.2. The van der Waals surface area contributed by atoms with Gasteiger partial charge in [-0.05, 0) is 42.3 Å². The molecule has 0 aromatic heterocycles. The van der Waals surface area contributed by atoms with Gasteiger partial charge in [0.1, 0.15) is 11.5 Å². The Bertz CT molecular complexity index is 1030. The molecular weight excluding hydrogens is 372 g/mol. The third-order valence-corrected chi connectivity index (χ3v) is 5.74. The number of hydrogen-bond donors (Lipinski definition) is 0. The van der Waals surface area contributed by atoms with Crippen molar-refractivity contribution < 1.29 is 9.47 Å². The summed E-state index contributed by atoms with van der Waals surface area (Å²) in [7, 11) is 0. The summed E-state index contributed by atoms with van der Waals surface area (Å²) in [5, 5.41) is 7.15. The predicted molar refractivity (Wildman–Crippen MR) is 119 cm³/mol. The lowest BCUT2D eigenvalue weighted by Gasteiger charge is -2.38. The van der Waals surface area contributed by atoms with E-state index in [-0.39, 0.29) is 12.3 Å². The molecule has 0 spiro atoms. The van der Waals surface area contributed by atoms with E-state index < -0.39 is 0 Å². The van der Waals surface area contributed by atoms with E-state index in [4.69, 9.17) is 14.6 Å². The third-order valence-electron chi connectivity index (χ3n) is 5.74. The van der Waals surface area contributed by atoms with Crippen LogP contribution in [0.15, 0.2) is 84.0 Å². The number of ether oxygens (including phenoxy) is 2. The van der Waals surface area contributed by atoms with Gasteiger partial charge in [0, 0.05) is 17.5 Å². The molecule has 4 heteroatoms. The molecule has 0 radical (unpaired) electrons. The molecule has 2 atom stereocenters. The van der Waals surface area contributed by atoms with Crippen LogP contribution in [0.2, 0.25) is 0 Å². The largest absolute Gasteiger partial charge is 0.494 e. The molecule has 0 aliphatic carbocycles. The van der Waals surface area contributed by atoms with Gasteiger partial charge < -0.3 is 9.47 Å². The van der Waals surface area contributed by atoms with Gasteiger partial charge in [0.15, 0.2) is 0 Å². The number of hydrazone groups is 1. The standard InChI is InChI=1S/C26H26N2O2/c1-2-3-17-29-21-15-13-19(14-16-21)23-18-24-22-11-7-8-12-25(22)30-26(28(24)27-23)20-9-5-4-6-10-20/h4-16,24,26H,2-3,17-18H2,1H3/t24-,26+/m1/s1. The molecule has 0 amide bonds. The van der Waals surface area contributed by atoms with Crippen LogP contribution in [0.25, 0.3) is 0 Å². The smallest absolute Gasteiger partial charge is 0.213 e. The molecular formula is C26H26N2O2. The van der Waals surface area contributed by atoms with Crippen LogP contribution in [0.5, 0.6) is 11.5 Å². The van der Waals surface area contributed by atoms with E-state index >= 15 is 0 Å². The molecule has 0 saturated heterocycles. The lowest BCUT2D eigenvalue weighted by Crippen LogP contribution is -2.33. The van der Waals surface area contributed by atoms with Gasteiger partial charge in [-0.15, -0.1) is 0 Å². The maximum Gasteiger partial charge on any atom is 0.213 e. The molecule has 2 aliphatic rings. The molecule has 3 aromatic rings. The number of rotatable bonds is 6. The summed E-state index contributed by atoms with van der Waals surface area (Å²) in [6.45, 7) is 2.93. The van der Waals surface area contributed by atoms with Gasteiger partial charge >= 0.3 is 0 Å². The zero-order valence-corrected chi connectivity index (χ0v) is 17.2. The lowest BCUT2D eigenvalue weighted by molar-refractivity contribution is -0.0190. The summed E-state index contributed by atoms with van der Waals surface area (Å²) in [4.78, 5) is 0. The Labute approximate surface area is 177 Å². The molecule has 4 nitrogen and oxygen atoms in total. The summed E-state index contributed by atoms with van der Waals surface area (Å²) in [5.74, 6) is 1.86. The number of nitrogens with zero attached hydrogens (tertiary/aromatic N) is 2. The fourth-order valence-electron chi connectivity index (χ4n) is 4.12. The average molecular weight is 399 g/mol. The fourth-order valence-corrected chi connectivity index (χ4v) is 4.12. The Morgan fingerprint density at radius 3 is 2.53 bits per heavy atom. The number of unbranched alkanes of at least 4 members (excludes halogenated alkanes) is 1. The van der Waals surface area contributed by atoms with Crippen molar-refractivity contribution in [3.63, 3.8) is 0 Å². The van der Waals surface area contributed by atoms with Gasteiger partial charge in [-0.2, -0.15) is 5.10 Å². The van der Waals surface area contributed by atoms with Gasteiger partial charge in [-0.3, -0.25) is 0 Å². The number of para-hydroxylation sites is 1. The average Bonchev–Trinajstić information content (AvgIpc) is 3.25. The van der Waals surface area contributed by atoms with E-state index in [1.54, 1.807) is 0 Å². The molecule has 0 unspecified atom stereocenters. The first-order valence-corrected chi connectivity index (χ1v) is 10.7. The first kappa shape index (κ1) is 18.7. The molecule has 0 bridgehead atoms. The van der Waals surface area contributed by atoms with E-state index in [9.17, 15) is 0 Å². The Hall–Kier alpha value is -3.27. The Balaban J connectivity index is 1.44. The molecule has 2 heterocycles. The highest BCUT2D eigenvalue weighted by molar-refractivity contribution is 6.02. The molecule has 152 valence electrons. The van der Waals surface area contributed by atoms with Crippen molar-refractivity contribution in [1.29, 1.82) is 0 Å². The van der Waals surface area contributed by atoms with Gasteiger partial charge in [0.25, 0.3) is 0 Å². The van der Waals surface area contributed by atoms with E-state index in [1.807, 2.05) is 36.4 Å². The zero-order chi connectivity index (χ0) is 20.3. The van der Waals surface area contributed by atoms with Crippen molar-refractivity contribution in [3.8, 4) is 11.5 Å². The fraction of sp³-hybridized carbons (Fsp3) is 0.269. The van der Waals surface area contributed by atoms with Crippen LogP contribution >= 0.6 is 0 Å². The van der Waals surface area contributed by atoms with Crippen LogP contribution in [0.1, 0.15) is 55.1 Å². The summed E-state index contributed by atoms with van der Waals surface area (Å²) in [6, 6.07) is 27.1. The normalized spacial score (nSPS) is 19.5. The van der Waals surface area contributed by atoms with Gasteiger partial charge in [-0.1, -0.05) is 61.9 Å². The highest BCUT2D eigenvalue weighted by Crippen LogP contribution is 2.47. The van der Waals surface area contributed by atoms with Crippen LogP contribution < -0.4 is 9.47 Å². The highest BCUT2D eigenvalue weighted by Gasteiger charge is 2.40. The van der Waals surface area contributed by atoms with Crippen LogP contribution in [0.4, 0.5) is 0 Å². The Morgan fingerprint density at radius 1 is 0.967 bits per heavy atom. The molecule has 0 saturated carbocycles. The maximum absolute atomic E-state index is 6.39. The Morgan fingerprint density at radius 2 is 1.73 bits per heavy atom. The molecule has 0 fully saturated rings. The van der Waals surface area contributed by atoms with Crippen LogP contribution in [0.3, 0.4) is 0 Å². The van der Waals surface area contributed by atoms with Crippen molar-refractivity contribution in [2.24, 2.45) is 5.10 Å². The summed E-state index contributed by atoms with van der Waals surface area (Å²) in [5.41, 5.74) is 4.53. The predicted octanol–water partition coefficient (Wildman–Crippen LogP) is 6.11. The van der Waals surface area contributed by atoms with E-state index in [2.05, 4.69) is 54.4 Å². The second kappa shape index (κ2) is 8.23. The van der Waals surface area contributed by atoms with E-state index in [0.717, 1.165) is 54.2 Å². The van der Waals surface area contributed by atoms with Crippen LogP contribution in [0, 0.1) is 0 Å². The summed E-state index contributed by atoms with van der Waals surface area (Å²) >= 11 is 0. The maximum atomic E-state index is 6.39. The first-order chi connectivity index (χ1) is 14.8. The van der Waals surface area contributed by atoms with Crippen molar-refractivity contribution >= 4 is 5.71 Å². The quantitative estimate of drug-likeness (QED) is 0.470. The minimum Gasteiger partial charge on any atom is -0.494 e. The second-order valence-electron chi connectivity index (χ2n) is 7.79. The van der Waals surface area contributed by atoms with Crippen molar-refractivity contribution in [2.45, 2.75) is 38.5 Å². The van der Waals surface area contributed by atoms with Gasteiger partial charge in [0.2, 0.25) is 6.23 Å². The Kier molecular flexibility index (Phi) is 5.14. The SMILES string of the molecule is CCCCOc1ccc(C2=NN3[C@H](C2)c2ccccc2O[C@H]3c2ccccc2)cc1. The van der Waals surface area contributed by atoms with Gasteiger partial charge in [0.05, 0.1) is 18.4 Å². The van der Waals surface area contributed by atoms with Gasteiger partial charge in [-0.25, -0.2) is 5.01 Å². The minimum atomic E-state index is -0.222. The molecule has 3 aromatic carbocycles. The summed E-state index contributed by atoms with van der Waals surface area (Å²) in [6.07, 6.45) is 2.85. The number of fused-ring (bicyclic) bond motifs is 3. The van der Waals surface area contributed by atoms with E-state index in [1.165, 1.54) is 5.56 Å². The third kappa shape index (κ3) is 3.54. The molecule has 2 aliphatic heterocycles. The monoisotopic (exact) mass is 398 g/mol. The first-order valence-electron chi connectivity index (χ1n) is 10.7. The molecule has 0 N–H and O–H groups in total. The number of benzene rings is 3. The van der Waals surface area contributed by atoms with Crippen LogP contribution in [-0.4, -0.2) is 17.3 Å². The van der Waals surface area contributed by atoms with E-state index in [0.29, 0.717) is 0 Å². The topological polar surface area (TPSA) is 34.1 Å². The van der Waals surface area contributed by atoms with Crippen molar-refractivity contribution in [3.05, 3.63) is 95.6 Å². The van der Waals surface area contributed by atoms with Crippen molar-refractivity contribution in [2.75, 3.05) is 6.61 Å². The minimum absolute atomic E-state index is 0.177. The number of hydrogen-bond acceptors (Lipinski definition) is 4. The highest BCUT2D eigenvalue weighted by atomic mass is 16.5. The van der Waals surface area contributed by atoms with Crippen LogP contribution in [-0.2, 0) is 0 Å². The molecule has 5 rings (SSSR count). The van der Waals surface area contributed by atoms with Crippen molar-refractivity contribution in [1.82, 2.24) is 5.01 Å². The lowest BCUT2D eigenvalue weighted by atomic mass is 9.96.